The Labute approximate surface area is 116 Å². The average molecular weight is 272 g/mol. The number of hydrogen-bond acceptors (Lipinski definition) is 4. The van der Waals surface area contributed by atoms with Gasteiger partial charge in [0.25, 0.3) is 0 Å². The molecule has 1 aliphatic carbocycles. The fraction of sp³-hybridized carbons (Fsp3) is 0.867. The number of allylic oxidation sites excluding steroid dienone is 2. The summed E-state index contributed by atoms with van der Waals surface area (Å²) in [5.41, 5.74) is 0. The highest BCUT2D eigenvalue weighted by molar-refractivity contribution is 4.92. The van der Waals surface area contributed by atoms with Gasteiger partial charge in [-0.15, -0.1) is 0 Å². The van der Waals surface area contributed by atoms with Crippen LogP contribution in [-0.4, -0.2) is 44.9 Å². The van der Waals surface area contributed by atoms with E-state index in [0.717, 1.165) is 25.7 Å². The van der Waals surface area contributed by atoms with Crippen molar-refractivity contribution < 1.29 is 19.3 Å². The Morgan fingerprint density at radius 3 is 2.74 bits per heavy atom. The van der Waals surface area contributed by atoms with Gasteiger partial charge in [0.15, 0.2) is 0 Å². The molecule has 0 bridgehead atoms. The van der Waals surface area contributed by atoms with Crippen molar-refractivity contribution in [2.24, 2.45) is 11.8 Å². The van der Waals surface area contributed by atoms with E-state index in [4.69, 9.17) is 14.2 Å². The van der Waals surface area contributed by atoms with Crippen LogP contribution in [0.1, 0.15) is 32.6 Å². The van der Waals surface area contributed by atoms with Gasteiger partial charge in [0.2, 0.25) is 0 Å². The first-order chi connectivity index (χ1) is 9.33. The number of hydrogen-bond donors (Lipinski definition) is 1. The largest absolute Gasteiger partial charge is 0.396 e. The van der Waals surface area contributed by atoms with Crippen molar-refractivity contribution in [2.75, 3.05) is 33.7 Å². The van der Waals surface area contributed by atoms with Crippen LogP contribution in [0.15, 0.2) is 12.2 Å². The predicted molar refractivity (Wildman–Crippen MR) is 74.9 cm³/mol. The third-order valence-corrected chi connectivity index (χ3v) is 3.75. The van der Waals surface area contributed by atoms with Gasteiger partial charge in [0.05, 0.1) is 19.3 Å². The Balaban J connectivity index is 2.31. The highest BCUT2D eigenvalue weighted by Crippen LogP contribution is 2.36. The van der Waals surface area contributed by atoms with E-state index in [9.17, 15) is 5.11 Å². The van der Waals surface area contributed by atoms with E-state index >= 15 is 0 Å². The normalized spacial score (nSPS) is 27.4. The van der Waals surface area contributed by atoms with Crippen molar-refractivity contribution in [2.45, 2.75) is 38.7 Å². The summed E-state index contributed by atoms with van der Waals surface area (Å²) < 4.78 is 16.1. The molecule has 19 heavy (non-hydrogen) atoms. The molecule has 1 saturated carbocycles. The van der Waals surface area contributed by atoms with Crippen LogP contribution in [0, 0.1) is 11.8 Å². The Morgan fingerprint density at radius 2 is 2.05 bits per heavy atom. The zero-order valence-corrected chi connectivity index (χ0v) is 12.2. The van der Waals surface area contributed by atoms with E-state index in [1.807, 2.05) is 0 Å². The van der Waals surface area contributed by atoms with Gasteiger partial charge < -0.3 is 19.3 Å². The fourth-order valence-corrected chi connectivity index (χ4v) is 2.64. The van der Waals surface area contributed by atoms with Crippen molar-refractivity contribution >= 4 is 0 Å². The number of aliphatic hydroxyl groups is 1. The molecule has 1 aliphatic rings. The molecular weight excluding hydrogens is 244 g/mol. The van der Waals surface area contributed by atoms with Crippen LogP contribution in [0.25, 0.3) is 0 Å². The Hall–Kier alpha value is -0.420. The molecule has 0 aromatic rings. The Bertz CT molecular complexity index is 242. The molecule has 0 aliphatic heterocycles. The molecule has 1 rings (SSSR count). The van der Waals surface area contributed by atoms with Crippen LogP contribution in [0.5, 0.6) is 0 Å². The summed E-state index contributed by atoms with van der Waals surface area (Å²) in [7, 11) is 1.66. The minimum atomic E-state index is 0.209. The zero-order valence-electron chi connectivity index (χ0n) is 12.2. The van der Waals surface area contributed by atoms with Gasteiger partial charge in [0, 0.05) is 13.7 Å². The van der Waals surface area contributed by atoms with Gasteiger partial charge in [0.1, 0.15) is 6.79 Å². The van der Waals surface area contributed by atoms with Crippen LogP contribution in [0.3, 0.4) is 0 Å². The molecule has 0 aromatic heterocycles. The smallest absolute Gasteiger partial charge is 0.147 e. The SMILES string of the molecule is CC/C=C\C[C@@H]1[C@H](CO)CC[C@@H]1OCOCCOC. The van der Waals surface area contributed by atoms with Crippen LogP contribution in [-0.2, 0) is 14.2 Å². The topological polar surface area (TPSA) is 47.9 Å². The molecule has 1 N–H and O–H groups in total. The highest BCUT2D eigenvalue weighted by atomic mass is 16.7. The van der Waals surface area contributed by atoms with E-state index < -0.39 is 0 Å². The lowest BCUT2D eigenvalue weighted by molar-refractivity contribution is -0.109. The summed E-state index contributed by atoms with van der Waals surface area (Å²) >= 11 is 0. The lowest BCUT2D eigenvalue weighted by atomic mass is 9.92. The van der Waals surface area contributed by atoms with Crippen molar-refractivity contribution in [3.05, 3.63) is 12.2 Å². The minimum absolute atomic E-state index is 0.209. The summed E-state index contributed by atoms with van der Waals surface area (Å²) in [6.45, 7) is 3.87. The third-order valence-electron chi connectivity index (χ3n) is 3.75. The maximum absolute atomic E-state index is 9.42. The average Bonchev–Trinajstić information content (AvgIpc) is 2.81. The number of aliphatic hydroxyl groups excluding tert-OH is 1. The monoisotopic (exact) mass is 272 g/mol. The second-order valence-corrected chi connectivity index (χ2v) is 5.02. The molecule has 0 saturated heterocycles. The molecule has 4 nitrogen and oxygen atoms in total. The molecule has 0 aromatic carbocycles. The molecule has 4 heteroatoms. The minimum Gasteiger partial charge on any atom is -0.396 e. The van der Waals surface area contributed by atoms with E-state index in [1.165, 1.54) is 0 Å². The quantitative estimate of drug-likeness (QED) is 0.377. The second-order valence-electron chi connectivity index (χ2n) is 5.02. The van der Waals surface area contributed by atoms with Crippen LogP contribution in [0.2, 0.25) is 0 Å². The number of methoxy groups -OCH3 is 1. The number of rotatable bonds is 10. The highest BCUT2D eigenvalue weighted by Gasteiger charge is 2.35. The van der Waals surface area contributed by atoms with Crippen molar-refractivity contribution in [1.29, 1.82) is 0 Å². The Morgan fingerprint density at radius 1 is 1.21 bits per heavy atom. The third kappa shape index (κ3) is 6.04. The van der Waals surface area contributed by atoms with E-state index in [2.05, 4.69) is 19.1 Å². The van der Waals surface area contributed by atoms with Crippen LogP contribution in [0.4, 0.5) is 0 Å². The maximum atomic E-state index is 9.42. The first kappa shape index (κ1) is 16.6. The molecule has 3 atom stereocenters. The molecule has 0 unspecified atom stereocenters. The van der Waals surface area contributed by atoms with E-state index in [0.29, 0.717) is 31.8 Å². The van der Waals surface area contributed by atoms with Crippen molar-refractivity contribution in [3.8, 4) is 0 Å². The molecule has 0 amide bonds. The maximum Gasteiger partial charge on any atom is 0.147 e. The van der Waals surface area contributed by atoms with Gasteiger partial charge in [-0.25, -0.2) is 0 Å². The molecule has 0 heterocycles. The summed E-state index contributed by atoms with van der Waals surface area (Å²) in [6.07, 6.45) is 8.71. The lowest BCUT2D eigenvalue weighted by Gasteiger charge is -2.23. The molecule has 1 fully saturated rings. The van der Waals surface area contributed by atoms with E-state index in [-0.39, 0.29) is 12.7 Å². The molecule has 0 radical (unpaired) electrons. The number of ether oxygens (including phenoxy) is 3. The standard InChI is InChI=1S/C15H28O4/c1-3-4-5-6-14-13(11-16)7-8-15(14)19-12-18-10-9-17-2/h4-5,13-16H,3,6-12H2,1-2H3/b5-4-/t13-,14+,15-/m0/s1. The van der Waals surface area contributed by atoms with Crippen molar-refractivity contribution in [1.82, 2.24) is 0 Å². The Kier molecular flexibility index (Phi) is 9.08. The van der Waals surface area contributed by atoms with Crippen LogP contribution < -0.4 is 0 Å². The molecule has 0 spiro atoms. The summed E-state index contributed by atoms with van der Waals surface area (Å²) in [5, 5.41) is 9.42. The second kappa shape index (κ2) is 10.4. The van der Waals surface area contributed by atoms with Crippen LogP contribution >= 0.6 is 0 Å². The molecular formula is C15H28O4. The lowest BCUT2D eigenvalue weighted by Crippen LogP contribution is -2.25. The molecule has 112 valence electrons. The van der Waals surface area contributed by atoms with Gasteiger partial charge in [-0.05, 0) is 37.5 Å². The summed E-state index contributed by atoms with van der Waals surface area (Å²) in [4.78, 5) is 0. The first-order valence-corrected chi connectivity index (χ1v) is 7.27. The summed E-state index contributed by atoms with van der Waals surface area (Å²) in [6, 6.07) is 0. The van der Waals surface area contributed by atoms with Gasteiger partial charge in [-0.1, -0.05) is 19.1 Å². The fourth-order valence-electron chi connectivity index (χ4n) is 2.64. The summed E-state index contributed by atoms with van der Waals surface area (Å²) in [5.74, 6) is 0.782. The van der Waals surface area contributed by atoms with Crippen molar-refractivity contribution in [3.63, 3.8) is 0 Å². The van der Waals surface area contributed by atoms with Gasteiger partial charge in [-0.2, -0.15) is 0 Å². The first-order valence-electron chi connectivity index (χ1n) is 7.27. The van der Waals surface area contributed by atoms with Gasteiger partial charge in [-0.3, -0.25) is 0 Å². The predicted octanol–water partition coefficient (Wildman–Crippen LogP) is 2.37. The zero-order chi connectivity index (χ0) is 13.9. The van der Waals surface area contributed by atoms with E-state index in [1.54, 1.807) is 7.11 Å². The van der Waals surface area contributed by atoms with Gasteiger partial charge >= 0.3 is 0 Å².